The van der Waals surface area contributed by atoms with Gasteiger partial charge < -0.3 is 14.4 Å². The fourth-order valence-corrected chi connectivity index (χ4v) is 3.56. The summed E-state index contributed by atoms with van der Waals surface area (Å²) < 4.78 is 5.40. The highest BCUT2D eigenvalue weighted by molar-refractivity contribution is 6.08. The first-order valence-electron chi connectivity index (χ1n) is 9.69. The summed E-state index contributed by atoms with van der Waals surface area (Å²) >= 11 is 0. The van der Waals surface area contributed by atoms with Crippen molar-refractivity contribution in [1.82, 2.24) is 4.90 Å². The van der Waals surface area contributed by atoms with Crippen LogP contribution in [0.2, 0.25) is 0 Å². The van der Waals surface area contributed by atoms with Gasteiger partial charge in [0, 0.05) is 6.42 Å². The van der Waals surface area contributed by atoms with Crippen molar-refractivity contribution in [3.05, 3.63) is 70.9 Å². The predicted octanol–water partition coefficient (Wildman–Crippen LogP) is 4.91. The third-order valence-corrected chi connectivity index (χ3v) is 5.02. The van der Waals surface area contributed by atoms with Crippen LogP contribution in [0.15, 0.2) is 58.4 Å². The van der Waals surface area contributed by atoms with Crippen LogP contribution in [0.3, 0.4) is 0 Å². The first-order valence-corrected chi connectivity index (χ1v) is 9.69. The van der Waals surface area contributed by atoms with E-state index >= 15 is 0 Å². The summed E-state index contributed by atoms with van der Waals surface area (Å²) in [5, 5.41) is 10.6. The Morgan fingerprint density at radius 1 is 1.14 bits per heavy atom. The lowest BCUT2D eigenvalue weighted by molar-refractivity contribution is -0.130. The largest absolute Gasteiger partial charge is 0.503 e. The van der Waals surface area contributed by atoms with E-state index in [-0.39, 0.29) is 30.2 Å². The van der Waals surface area contributed by atoms with Crippen LogP contribution >= 0.6 is 0 Å². The number of ketones is 1. The maximum absolute atomic E-state index is 12.9. The molecule has 1 aromatic carbocycles. The smallest absolute Gasteiger partial charge is 0.290 e. The number of aliphatic hydroxyl groups excluding tert-OH is 1. The average Bonchev–Trinajstić information content (AvgIpc) is 3.23. The lowest BCUT2D eigenvalue weighted by Gasteiger charge is -2.26. The molecule has 1 unspecified atom stereocenters. The van der Waals surface area contributed by atoms with Crippen molar-refractivity contribution in [2.45, 2.75) is 52.6 Å². The molecule has 1 aromatic heterocycles. The van der Waals surface area contributed by atoms with Gasteiger partial charge in [-0.3, -0.25) is 9.59 Å². The zero-order valence-electron chi connectivity index (χ0n) is 16.8. The summed E-state index contributed by atoms with van der Waals surface area (Å²) in [6.07, 6.45) is 1.82. The molecule has 1 atom stereocenters. The SMILES string of the molecule is CC(C)CC(=O)C1=C(O)C(=O)N(Cc2ccco2)C1c1ccc(C(C)C)cc1. The van der Waals surface area contributed by atoms with Gasteiger partial charge in [-0.05, 0) is 35.1 Å². The van der Waals surface area contributed by atoms with E-state index in [1.807, 2.05) is 38.1 Å². The van der Waals surface area contributed by atoms with Gasteiger partial charge in [0.15, 0.2) is 11.5 Å². The zero-order valence-corrected chi connectivity index (χ0v) is 16.8. The van der Waals surface area contributed by atoms with Crippen molar-refractivity contribution < 1.29 is 19.1 Å². The van der Waals surface area contributed by atoms with E-state index in [1.54, 1.807) is 18.4 Å². The Labute approximate surface area is 165 Å². The van der Waals surface area contributed by atoms with Crippen LogP contribution in [-0.4, -0.2) is 21.7 Å². The summed E-state index contributed by atoms with van der Waals surface area (Å²) in [6.45, 7) is 8.30. The molecule has 0 bridgehead atoms. The van der Waals surface area contributed by atoms with Crippen LogP contribution in [0.1, 0.15) is 63.0 Å². The summed E-state index contributed by atoms with van der Waals surface area (Å²) in [7, 11) is 0. The number of benzene rings is 1. The summed E-state index contributed by atoms with van der Waals surface area (Å²) in [5.74, 6) is -0.0738. The molecule has 3 rings (SSSR count). The van der Waals surface area contributed by atoms with Gasteiger partial charge in [0.2, 0.25) is 0 Å². The molecule has 2 aromatic rings. The Kier molecular flexibility index (Phi) is 5.73. The minimum absolute atomic E-state index is 0.131. The van der Waals surface area contributed by atoms with Gasteiger partial charge in [-0.25, -0.2) is 0 Å². The fourth-order valence-electron chi connectivity index (χ4n) is 3.56. The summed E-state index contributed by atoms with van der Waals surface area (Å²) in [4.78, 5) is 27.2. The zero-order chi connectivity index (χ0) is 20.4. The maximum atomic E-state index is 12.9. The molecule has 0 fully saturated rings. The van der Waals surface area contributed by atoms with Crippen molar-refractivity contribution >= 4 is 11.7 Å². The van der Waals surface area contributed by atoms with E-state index in [1.165, 1.54) is 10.5 Å². The van der Waals surface area contributed by atoms with Crippen molar-refractivity contribution in [3.63, 3.8) is 0 Å². The Morgan fingerprint density at radius 3 is 2.36 bits per heavy atom. The summed E-state index contributed by atoms with van der Waals surface area (Å²) in [5.41, 5.74) is 2.16. The minimum Gasteiger partial charge on any atom is -0.503 e. The van der Waals surface area contributed by atoms with Gasteiger partial charge >= 0.3 is 0 Å². The lowest BCUT2D eigenvalue weighted by Crippen LogP contribution is -2.30. The number of carbonyl (C=O) groups excluding carboxylic acids is 2. The quantitative estimate of drug-likeness (QED) is 0.739. The molecule has 1 aliphatic rings. The van der Waals surface area contributed by atoms with Gasteiger partial charge in [0.1, 0.15) is 5.76 Å². The highest BCUT2D eigenvalue weighted by Crippen LogP contribution is 2.40. The van der Waals surface area contributed by atoms with Crippen LogP contribution in [0, 0.1) is 5.92 Å². The highest BCUT2D eigenvalue weighted by Gasteiger charge is 2.43. The standard InChI is InChI=1S/C23H27NO4/c1-14(2)12-19(25)20-21(17-9-7-16(8-10-17)15(3)4)24(23(27)22(20)26)13-18-6-5-11-28-18/h5-11,14-15,21,26H,12-13H2,1-4H3. The Hall–Kier alpha value is -2.82. The van der Waals surface area contributed by atoms with Gasteiger partial charge in [0.05, 0.1) is 24.4 Å². The van der Waals surface area contributed by atoms with Crippen LogP contribution < -0.4 is 0 Å². The Morgan fingerprint density at radius 2 is 1.82 bits per heavy atom. The van der Waals surface area contributed by atoms with E-state index in [9.17, 15) is 14.7 Å². The number of carbonyl (C=O) groups is 2. The molecular formula is C23H27NO4. The molecule has 1 aliphatic heterocycles. The molecule has 0 radical (unpaired) electrons. The minimum atomic E-state index is -0.620. The molecule has 28 heavy (non-hydrogen) atoms. The van der Waals surface area contributed by atoms with Crippen LogP contribution in [-0.2, 0) is 16.1 Å². The van der Waals surface area contributed by atoms with E-state index in [4.69, 9.17) is 4.42 Å². The Bertz CT molecular complexity index is 876. The van der Waals surface area contributed by atoms with Gasteiger partial charge in [-0.2, -0.15) is 0 Å². The van der Waals surface area contributed by atoms with E-state index in [0.29, 0.717) is 11.7 Å². The average molecular weight is 381 g/mol. The van der Waals surface area contributed by atoms with Crippen LogP contribution in [0.4, 0.5) is 0 Å². The molecule has 1 N–H and O–H groups in total. The summed E-state index contributed by atoms with van der Waals surface area (Å²) in [6, 6.07) is 10.8. The second kappa shape index (κ2) is 8.05. The molecule has 0 saturated heterocycles. The molecule has 1 amide bonds. The molecule has 148 valence electrons. The third-order valence-electron chi connectivity index (χ3n) is 5.02. The number of amides is 1. The first kappa shape index (κ1) is 19.9. The van der Waals surface area contributed by atoms with E-state index in [0.717, 1.165) is 5.56 Å². The third kappa shape index (κ3) is 3.88. The van der Waals surface area contributed by atoms with Gasteiger partial charge in [-0.15, -0.1) is 0 Å². The molecule has 5 heteroatoms. The normalized spacial score (nSPS) is 17.3. The Balaban J connectivity index is 2.03. The number of hydrogen-bond acceptors (Lipinski definition) is 4. The molecule has 2 heterocycles. The lowest BCUT2D eigenvalue weighted by atomic mass is 9.91. The number of rotatable bonds is 7. The second-order valence-electron chi connectivity index (χ2n) is 8.02. The number of furan rings is 1. The van der Waals surface area contributed by atoms with Crippen LogP contribution in [0.25, 0.3) is 0 Å². The molecular weight excluding hydrogens is 354 g/mol. The molecule has 5 nitrogen and oxygen atoms in total. The van der Waals surface area contributed by atoms with Crippen molar-refractivity contribution in [2.75, 3.05) is 0 Å². The maximum Gasteiger partial charge on any atom is 0.290 e. The van der Waals surface area contributed by atoms with E-state index < -0.39 is 17.7 Å². The monoisotopic (exact) mass is 381 g/mol. The van der Waals surface area contributed by atoms with Gasteiger partial charge in [-0.1, -0.05) is 52.0 Å². The molecule has 0 saturated carbocycles. The number of Topliss-reactive ketones (excluding diaryl/α,β-unsaturated/α-hetero) is 1. The molecule has 0 aliphatic carbocycles. The van der Waals surface area contributed by atoms with E-state index in [2.05, 4.69) is 13.8 Å². The van der Waals surface area contributed by atoms with Crippen LogP contribution in [0.5, 0.6) is 0 Å². The fraction of sp³-hybridized carbons (Fsp3) is 0.391. The molecule has 0 spiro atoms. The number of aliphatic hydroxyl groups is 1. The topological polar surface area (TPSA) is 70.8 Å². The van der Waals surface area contributed by atoms with Crippen molar-refractivity contribution in [1.29, 1.82) is 0 Å². The number of nitrogens with zero attached hydrogens (tertiary/aromatic N) is 1. The van der Waals surface area contributed by atoms with Crippen molar-refractivity contribution in [2.24, 2.45) is 5.92 Å². The van der Waals surface area contributed by atoms with Crippen molar-refractivity contribution in [3.8, 4) is 0 Å². The number of hydrogen-bond donors (Lipinski definition) is 1. The highest BCUT2D eigenvalue weighted by atomic mass is 16.3. The van der Waals surface area contributed by atoms with Gasteiger partial charge in [0.25, 0.3) is 5.91 Å². The first-order chi connectivity index (χ1) is 13.3. The second-order valence-corrected chi connectivity index (χ2v) is 8.02. The predicted molar refractivity (Wildman–Crippen MR) is 107 cm³/mol.